The Morgan fingerprint density at radius 1 is 1.24 bits per heavy atom. The van der Waals surface area contributed by atoms with Crippen molar-refractivity contribution in [3.8, 4) is 0 Å². The van der Waals surface area contributed by atoms with Gasteiger partial charge in [-0.3, -0.25) is 4.90 Å². The molecule has 0 aromatic heterocycles. The summed E-state index contributed by atoms with van der Waals surface area (Å²) in [5, 5.41) is 38.3. The number of hydrogen-bond donors (Lipinski definition) is 4. The van der Waals surface area contributed by atoms with E-state index in [2.05, 4.69) is 13.8 Å². The average Bonchev–Trinajstić information content (AvgIpc) is 2.27. The fourth-order valence-corrected chi connectivity index (χ4v) is 2.57. The van der Waals surface area contributed by atoms with Crippen LogP contribution >= 0.6 is 0 Å². The lowest BCUT2D eigenvalue weighted by Crippen LogP contribution is -2.63. The van der Waals surface area contributed by atoms with Gasteiger partial charge in [-0.2, -0.15) is 0 Å². The molecule has 1 saturated heterocycles. The normalized spacial score (nSPS) is 37.1. The SMILES string of the molecule is CCCC(C)CN1C[C@H](O)[C@@H](O)[C@H](O)C1CO. The van der Waals surface area contributed by atoms with Crippen LogP contribution in [0.3, 0.4) is 0 Å². The lowest BCUT2D eigenvalue weighted by Gasteiger charge is -2.44. The van der Waals surface area contributed by atoms with Crippen molar-refractivity contribution in [3.63, 3.8) is 0 Å². The number of nitrogens with zero attached hydrogens (tertiary/aromatic N) is 1. The van der Waals surface area contributed by atoms with Crippen molar-refractivity contribution in [2.75, 3.05) is 19.7 Å². The van der Waals surface area contributed by atoms with Gasteiger partial charge in [0.25, 0.3) is 0 Å². The molecule has 0 aromatic rings. The second-order valence-corrected chi connectivity index (χ2v) is 5.15. The molecule has 0 aromatic carbocycles. The lowest BCUT2D eigenvalue weighted by molar-refractivity contribution is -0.147. The van der Waals surface area contributed by atoms with E-state index in [4.69, 9.17) is 0 Å². The molecular weight excluding hydrogens is 222 g/mol. The Morgan fingerprint density at radius 2 is 1.88 bits per heavy atom. The number of aliphatic hydroxyl groups excluding tert-OH is 4. The highest BCUT2D eigenvalue weighted by Crippen LogP contribution is 2.21. The molecule has 0 saturated carbocycles. The van der Waals surface area contributed by atoms with Crippen LogP contribution in [0, 0.1) is 5.92 Å². The highest BCUT2D eigenvalue weighted by Gasteiger charge is 2.41. The van der Waals surface area contributed by atoms with E-state index in [9.17, 15) is 20.4 Å². The van der Waals surface area contributed by atoms with Crippen molar-refractivity contribution in [2.24, 2.45) is 5.92 Å². The molecule has 2 unspecified atom stereocenters. The Hall–Kier alpha value is -0.200. The molecule has 1 aliphatic rings. The molecule has 1 aliphatic heterocycles. The number of β-amino-alcohol motifs (C(OH)–C–C–N with tert-alkyl or cyclic N) is 1. The third kappa shape index (κ3) is 3.63. The zero-order valence-electron chi connectivity index (χ0n) is 10.7. The fourth-order valence-electron chi connectivity index (χ4n) is 2.57. The number of hydrogen-bond acceptors (Lipinski definition) is 5. The van der Waals surface area contributed by atoms with E-state index in [0.717, 1.165) is 19.4 Å². The second-order valence-electron chi connectivity index (χ2n) is 5.15. The molecule has 1 rings (SSSR count). The van der Waals surface area contributed by atoms with E-state index in [1.165, 1.54) is 0 Å². The number of piperidine rings is 1. The Kier molecular flexibility index (Phi) is 5.82. The molecule has 0 bridgehead atoms. The summed E-state index contributed by atoms with van der Waals surface area (Å²) in [5.41, 5.74) is 0. The monoisotopic (exact) mass is 247 g/mol. The van der Waals surface area contributed by atoms with Crippen LogP contribution < -0.4 is 0 Å². The van der Waals surface area contributed by atoms with Crippen LogP contribution in [0.4, 0.5) is 0 Å². The van der Waals surface area contributed by atoms with Crippen LogP contribution in [-0.4, -0.2) is 69.4 Å². The van der Waals surface area contributed by atoms with Crippen molar-refractivity contribution in [1.82, 2.24) is 4.90 Å². The molecule has 5 nitrogen and oxygen atoms in total. The van der Waals surface area contributed by atoms with Gasteiger partial charge >= 0.3 is 0 Å². The van der Waals surface area contributed by atoms with Gasteiger partial charge in [0, 0.05) is 13.1 Å². The molecule has 0 radical (unpaired) electrons. The fraction of sp³-hybridized carbons (Fsp3) is 1.00. The standard InChI is InChI=1S/C12H25NO4/c1-3-4-8(2)5-13-6-10(15)12(17)11(16)9(13)7-14/h8-12,14-17H,3-7H2,1-2H3/t8?,9?,10-,11+,12+/m0/s1. The minimum atomic E-state index is -1.16. The molecule has 1 heterocycles. The maximum atomic E-state index is 9.81. The van der Waals surface area contributed by atoms with Crippen molar-refractivity contribution in [1.29, 1.82) is 0 Å². The zero-order chi connectivity index (χ0) is 13.0. The Bertz CT molecular complexity index is 227. The first-order chi connectivity index (χ1) is 8.01. The highest BCUT2D eigenvalue weighted by molar-refractivity contribution is 4.94. The van der Waals surface area contributed by atoms with Crippen molar-refractivity contribution in [2.45, 2.75) is 51.0 Å². The molecule has 17 heavy (non-hydrogen) atoms. The van der Waals surface area contributed by atoms with E-state index >= 15 is 0 Å². The summed E-state index contributed by atoms with van der Waals surface area (Å²) in [7, 11) is 0. The van der Waals surface area contributed by atoms with Gasteiger partial charge in [0.1, 0.15) is 12.2 Å². The predicted molar refractivity (Wildman–Crippen MR) is 64.5 cm³/mol. The first-order valence-electron chi connectivity index (χ1n) is 6.40. The third-order valence-corrected chi connectivity index (χ3v) is 3.54. The average molecular weight is 247 g/mol. The minimum Gasteiger partial charge on any atom is -0.395 e. The molecule has 5 heteroatoms. The van der Waals surface area contributed by atoms with Gasteiger partial charge in [0.05, 0.1) is 18.8 Å². The molecule has 1 fully saturated rings. The van der Waals surface area contributed by atoms with E-state index in [1.807, 2.05) is 4.90 Å². The quantitative estimate of drug-likeness (QED) is 0.510. The number of aliphatic hydroxyl groups is 4. The van der Waals surface area contributed by atoms with Crippen LogP contribution in [0.2, 0.25) is 0 Å². The first kappa shape index (κ1) is 14.9. The first-order valence-corrected chi connectivity index (χ1v) is 6.40. The third-order valence-electron chi connectivity index (χ3n) is 3.54. The van der Waals surface area contributed by atoms with Gasteiger partial charge in [-0.05, 0) is 12.3 Å². The van der Waals surface area contributed by atoms with Crippen LogP contribution in [0.15, 0.2) is 0 Å². The maximum absolute atomic E-state index is 9.81. The summed E-state index contributed by atoms with van der Waals surface area (Å²) in [6.45, 7) is 5.05. The Morgan fingerprint density at radius 3 is 2.41 bits per heavy atom. The van der Waals surface area contributed by atoms with E-state index in [0.29, 0.717) is 12.5 Å². The molecule has 5 atom stereocenters. The molecule has 0 amide bonds. The number of rotatable bonds is 5. The minimum absolute atomic E-state index is 0.205. The molecular formula is C12H25NO4. The van der Waals surface area contributed by atoms with E-state index < -0.39 is 24.4 Å². The summed E-state index contributed by atoms with van der Waals surface area (Å²) in [6.07, 6.45) is -1.03. The van der Waals surface area contributed by atoms with Gasteiger partial charge in [0.15, 0.2) is 0 Å². The second kappa shape index (κ2) is 6.66. The number of likely N-dealkylation sites (tertiary alicyclic amines) is 1. The predicted octanol–water partition coefficient (Wildman–Crippen LogP) is -0.818. The smallest absolute Gasteiger partial charge is 0.109 e. The van der Waals surface area contributed by atoms with Crippen LogP contribution in [0.1, 0.15) is 26.7 Å². The van der Waals surface area contributed by atoms with Gasteiger partial charge < -0.3 is 20.4 Å². The maximum Gasteiger partial charge on any atom is 0.109 e. The lowest BCUT2D eigenvalue weighted by atomic mass is 9.92. The van der Waals surface area contributed by atoms with Crippen LogP contribution in [0.25, 0.3) is 0 Å². The van der Waals surface area contributed by atoms with Crippen molar-refractivity contribution < 1.29 is 20.4 Å². The largest absolute Gasteiger partial charge is 0.395 e. The Labute approximate surface area is 103 Å². The van der Waals surface area contributed by atoms with Gasteiger partial charge in [-0.15, -0.1) is 0 Å². The van der Waals surface area contributed by atoms with Gasteiger partial charge in [-0.25, -0.2) is 0 Å². The Balaban J connectivity index is 2.62. The van der Waals surface area contributed by atoms with E-state index in [-0.39, 0.29) is 6.61 Å². The summed E-state index contributed by atoms with van der Waals surface area (Å²) < 4.78 is 0. The van der Waals surface area contributed by atoms with Gasteiger partial charge in [0.2, 0.25) is 0 Å². The summed E-state index contributed by atoms with van der Waals surface area (Å²) in [4.78, 5) is 1.88. The summed E-state index contributed by atoms with van der Waals surface area (Å²) in [5.74, 6) is 0.448. The molecule has 102 valence electrons. The summed E-state index contributed by atoms with van der Waals surface area (Å²) >= 11 is 0. The van der Waals surface area contributed by atoms with Crippen LogP contribution in [-0.2, 0) is 0 Å². The molecule has 0 aliphatic carbocycles. The van der Waals surface area contributed by atoms with Crippen molar-refractivity contribution >= 4 is 0 Å². The molecule has 0 spiro atoms. The van der Waals surface area contributed by atoms with Gasteiger partial charge in [-0.1, -0.05) is 20.3 Å². The highest BCUT2D eigenvalue weighted by atomic mass is 16.4. The van der Waals surface area contributed by atoms with E-state index in [1.54, 1.807) is 0 Å². The van der Waals surface area contributed by atoms with Crippen molar-refractivity contribution in [3.05, 3.63) is 0 Å². The molecule has 4 N–H and O–H groups in total. The van der Waals surface area contributed by atoms with Crippen LogP contribution in [0.5, 0.6) is 0 Å². The topological polar surface area (TPSA) is 84.2 Å². The zero-order valence-corrected chi connectivity index (χ0v) is 10.7. The summed E-state index contributed by atoms with van der Waals surface area (Å²) in [6, 6.07) is -0.479.